The lowest BCUT2D eigenvalue weighted by atomic mass is 10.1. The zero-order valence-electron chi connectivity index (χ0n) is 9.87. The normalized spacial score (nSPS) is 14.1. The summed E-state index contributed by atoms with van der Waals surface area (Å²) in [5, 5.41) is 11.5. The molecule has 1 aliphatic rings. The van der Waals surface area contributed by atoms with Crippen molar-refractivity contribution < 1.29 is 9.59 Å². The van der Waals surface area contributed by atoms with Crippen LogP contribution in [0.3, 0.4) is 0 Å². The van der Waals surface area contributed by atoms with E-state index in [-0.39, 0.29) is 6.54 Å². The Morgan fingerprint density at radius 2 is 2.11 bits per heavy atom. The standard InChI is InChI=1S/C11H8BrN5O2/c1-16-14-8(13-15-16)5-17-7-4-2-3-6(12)9(7)10(18)11(17)19/h2-4H,5H2,1H3. The minimum atomic E-state index is -0.575. The molecule has 1 amide bonds. The summed E-state index contributed by atoms with van der Waals surface area (Å²) in [7, 11) is 1.64. The molecule has 0 spiro atoms. The summed E-state index contributed by atoms with van der Waals surface area (Å²) in [6.45, 7) is 0.127. The van der Waals surface area contributed by atoms with E-state index in [1.54, 1.807) is 25.2 Å². The Morgan fingerprint density at radius 1 is 1.32 bits per heavy atom. The molecule has 19 heavy (non-hydrogen) atoms. The van der Waals surface area contributed by atoms with Gasteiger partial charge in [0.1, 0.15) is 0 Å². The van der Waals surface area contributed by atoms with Crippen LogP contribution in [0, 0.1) is 0 Å². The van der Waals surface area contributed by atoms with Crippen LogP contribution in [0.4, 0.5) is 5.69 Å². The first kappa shape index (κ1) is 12.0. The number of tetrazole rings is 1. The number of hydrogen-bond acceptors (Lipinski definition) is 5. The van der Waals surface area contributed by atoms with Crippen molar-refractivity contribution in [3.63, 3.8) is 0 Å². The van der Waals surface area contributed by atoms with E-state index < -0.39 is 11.7 Å². The molecule has 3 rings (SSSR count). The molecule has 2 aromatic rings. The highest BCUT2D eigenvalue weighted by molar-refractivity contribution is 9.10. The second-order valence-electron chi connectivity index (χ2n) is 4.05. The Labute approximate surface area is 116 Å². The number of ketones is 1. The second kappa shape index (κ2) is 4.23. The molecule has 0 saturated heterocycles. The molecule has 0 radical (unpaired) electrons. The number of anilines is 1. The fourth-order valence-corrected chi connectivity index (χ4v) is 2.52. The van der Waals surface area contributed by atoms with Crippen LogP contribution in [-0.4, -0.2) is 31.9 Å². The van der Waals surface area contributed by atoms with Gasteiger partial charge in [0, 0.05) is 4.47 Å². The van der Waals surface area contributed by atoms with Crippen molar-refractivity contribution in [3.8, 4) is 0 Å². The van der Waals surface area contributed by atoms with Crippen LogP contribution < -0.4 is 4.90 Å². The number of rotatable bonds is 2. The molecule has 7 nitrogen and oxygen atoms in total. The first-order valence-corrected chi connectivity index (χ1v) is 6.25. The van der Waals surface area contributed by atoms with Crippen LogP contribution in [0.5, 0.6) is 0 Å². The van der Waals surface area contributed by atoms with Gasteiger partial charge in [0.2, 0.25) is 0 Å². The highest BCUT2D eigenvalue weighted by Crippen LogP contribution is 2.34. The highest BCUT2D eigenvalue weighted by atomic mass is 79.9. The molecule has 0 unspecified atom stereocenters. The van der Waals surface area contributed by atoms with Gasteiger partial charge >= 0.3 is 0 Å². The van der Waals surface area contributed by atoms with Gasteiger partial charge in [0.05, 0.1) is 24.8 Å². The Kier molecular flexibility index (Phi) is 2.67. The topological polar surface area (TPSA) is 81.0 Å². The predicted molar refractivity (Wildman–Crippen MR) is 68.5 cm³/mol. The van der Waals surface area contributed by atoms with E-state index >= 15 is 0 Å². The van der Waals surface area contributed by atoms with E-state index in [4.69, 9.17) is 0 Å². The zero-order valence-corrected chi connectivity index (χ0v) is 11.5. The van der Waals surface area contributed by atoms with Gasteiger partial charge < -0.3 is 0 Å². The van der Waals surface area contributed by atoms with Crippen molar-refractivity contribution in [2.45, 2.75) is 6.54 Å². The fraction of sp³-hybridized carbons (Fsp3) is 0.182. The third-order valence-electron chi connectivity index (χ3n) is 2.80. The lowest BCUT2D eigenvalue weighted by Gasteiger charge is -2.13. The summed E-state index contributed by atoms with van der Waals surface area (Å²) >= 11 is 3.28. The first-order valence-electron chi connectivity index (χ1n) is 5.45. The molecule has 0 bridgehead atoms. The summed E-state index contributed by atoms with van der Waals surface area (Å²) in [6, 6.07) is 5.22. The van der Waals surface area contributed by atoms with Crippen LogP contribution in [0.2, 0.25) is 0 Å². The van der Waals surface area contributed by atoms with Gasteiger partial charge in [-0.05, 0) is 33.3 Å². The van der Waals surface area contributed by atoms with E-state index in [2.05, 4.69) is 31.3 Å². The molecule has 0 saturated carbocycles. The van der Waals surface area contributed by atoms with Crippen molar-refractivity contribution in [2.24, 2.45) is 7.05 Å². The number of fused-ring (bicyclic) bond motifs is 1. The summed E-state index contributed by atoms with van der Waals surface area (Å²) in [6.07, 6.45) is 0. The van der Waals surface area contributed by atoms with Crippen LogP contribution in [0.25, 0.3) is 0 Å². The Hall–Kier alpha value is -2.09. The van der Waals surface area contributed by atoms with Gasteiger partial charge in [-0.15, -0.1) is 10.2 Å². The Morgan fingerprint density at radius 3 is 2.79 bits per heavy atom. The quantitative estimate of drug-likeness (QED) is 0.761. The third-order valence-corrected chi connectivity index (χ3v) is 3.46. The third kappa shape index (κ3) is 1.84. The zero-order chi connectivity index (χ0) is 13.6. The van der Waals surface area contributed by atoms with Gasteiger partial charge in [-0.3, -0.25) is 14.5 Å². The average Bonchev–Trinajstić information content (AvgIpc) is 2.88. The van der Waals surface area contributed by atoms with Crippen LogP contribution in [0.15, 0.2) is 22.7 Å². The smallest absolute Gasteiger partial charge is 0.297 e. The number of aromatic nitrogens is 4. The number of amides is 1. The summed E-state index contributed by atoms with van der Waals surface area (Å²) in [4.78, 5) is 26.6. The number of Topliss-reactive ketones (excluding diaryl/α,β-unsaturated/α-hetero) is 1. The molecule has 2 heterocycles. The fourth-order valence-electron chi connectivity index (χ4n) is 1.99. The Bertz CT molecular complexity index is 696. The predicted octanol–water partition coefficient (Wildman–Crippen LogP) is 0.702. The summed E-state index contributed by atoms with van der Waals surface area (Å²) in [5.74, 6) is -0.711. The van der Waals surface area contributed by atoms with E-state index in [1.807, 2.05) is 0 Å². The van der Waals surface area contributed by atoms with E-state index in [0.717, 1.165) is 0 Å². The lowest BCUT2D eigenvalue weighted by Crippen LogP contribution is -2.29. The second-order valence-corrected chi connectivity index (χ2v) is 4.90. The number of carbonyl (C=O) groups is 2. The maximum absolute atomic E-state index is 12.0. The van der Waals surface area contributed by atoms with Crippen molar-refractivity contribution in [3.05, 3.63) is 34.1 Å². The summed E-state index contributed by atoms with van der Waals surface area (Å²) < 4.78 is 0.609. The van der Waals surface area contributed by atoms with E-state index in [0.29, 0.717) is 21.5 Å². The number of hydrogen-bond donors (Lipinski definition) is 0. The SMILES string of the molecule is Cn1nnc(CN2C(=O)C(=O)c3c(Br)cccc32)n1. The lowest BCUT2D eigenvalue weighted by molar-refractivity contribution is -0.114. The summed E-state index contributed by atoms with van der Waals surface area (Å²) in [5.41, 5.74) is 0.952. The van der Waals surface area contributed by atoms with Crippen LogP contribution in [-0.2, 0) is 18.4 Å². The van der Waals surface area contributed by atoms with Gasteiger partial charge in [0.15, 0.2) is 5.82 Å². The molecule has 0 aliphatic carbocycles. The number of nitrogens with zero attached hydrogens (tertiary/aromatic N) is 5. The molecular formula is C11H8BrN5O2. The highest BCUT2D eigenvalue weighted by Gasteiger charge is 2.37. The molecule has 0 N–H and O–H groups in total. The van der Waals surface area contributed by atoms with Gasteiger partial charge in [-0.1, -0.05) is 6.07 Å². The molecule has 1 aromatic carbocycles. The molecule has 1 aliphatic heterocycles. The molecule has 96 valence electrons. The first-order chi connectivity index (χ1) is 9.08. The van der Waals surface area contributed by atoms with Crippen molar-refractivity contribution in [1.82, 2.24) is 20.2 Å². The van der Waals surface area contributed by atoms with Crippen LogP contribution >= 0.6 is 15.9 Å². The maximum Gasteiger partial charge on any atom is 0.299 e. The average molecular weight is 322 g/mol. The number of carbonyl (C=O) groups excluding carboxylic acids is 2. The molecular weight excluding hydrogens is 314 g/mol. The van der Waals surface area contributed by atoms with Gasteiger partial charge in [-0.2, -0.15) is 4.80 Å². The Balaban J connectivity index is 2.02. The number of aryl methyl sites for hydroxylation is 1. The van der Waals surface area contributed by atoms with Crippen LogP contribution in [0.1, 0.15) is 16.2 Å². The van der Waals surface area contributed by atoms with E-state index in [9.17, 15) is 9.59 Å². The molecule has 0 atom stereocenters. The monoisotopic (exact) mass is 321 g/mol. The van der Waals surface area contributed by atoms with Crippen molar-refractivity contribution >= 4 is 33.3 Å². The molecule has 1 aromatic heterocycles. The van der Waals surface area contributed by atoms with Gasteiger partial charge in [0.25, 0.3) is 11.7 Å². The van der Waals surface area contributed by atoms with E-state index in [1.165, 1.54) is 9.70 Å². The largest absolute Gasteiger partial charge is 0.299 e. The molecule has 8 heteroatoms. The minimum Gasteiger partial charge on any atom is -0.297 e. The maximum atomic E-state index is 12.0. The van der Waals surface area contributed by atoms with Gasteiger partial charge in [-0.25, -0.2) is 0 Å². The van der Waals surface area contributed by atoms with Crippen molar-refractivity contribution in [2.75, 3.05) is 4.90 Å². The number of halogens is 1. The minimum absolute atomic E-state index is 0.127. The number of benzene rings is 1. The van der Waals surface area contributed by atoms with Crippen molar-refractivity contribution in [1.29, 1.82) is 0 Å². The molecule has 0 fully saturated rings.